The number of halogens is 1. The molecule has 0 spiro atoms. The highest BCUT2D eigenvalue weighted by Gasteiger charge is 2.23. The third-order valence-corrected chi connectivity index (χ3v) is 4.83. The van der Waals surface area contributed by atoms with Crippen LogP contribution in [0.2, 0.25) is 5.02 Å². The fourth-order valence-corrected chi connectivity index (χ4v) is 3.12. The van der Waals surface area contributed by atoms with Gasteiger partial charge >= 0.3 is 5.69 Å². The first-order valence-electron chi connectivity index (χ1n) is 9.29. The number of benzene rings is 2. The van der Waals surface area contributed by atoms with E-state index in [0.717, 1.165) is 16.4 Å². The van der Waals surface area contributed by atoms with Crippen LogP contribution in [0.25, 0.3) is 0 Å². The maximum Gasteiger partial charge on any atom is 0.309 e. The fourth-order valence-electron chi connectivity index (χ4n) is 2.89. The van der Waals surface area contributed by atoms with Crippen LogP contribution < -0.4 is 10.1 Å². The van der Waals surface area contributed by atoms with Gasteiger partial charge in [0.2, 0.25) is 5.91 Å². The smallest absolute Gasteiger partial charge is 0.309 e. The van der Waals surface area contributed by atoms with Crippen LogP contribution in [0.4, 0.5) is 17.1 Å². The van der Waals surface area contributed by atoms with Crippen LogP contribution in [0, 0.1) is 34.1 Å². The van der Waals surface area contributed by atoms with Crippen molar-refractivity contribution in [2.45, 2.75) is 26.8 Å². The number of aromatic nitrogens is 2. The van der Waals surface area contributed by atoms with Gasteiger partial charge in [-0.25, -0.2) is 0 Å². The lowest BCUT2D eigenvalue weighted by atomic mass is 10.2. The Labute approximate surface area is 186 Å². The Hall–Kier alpha value is -3.99. The molecule has 0 saturated heterocycles. The number of non-ortho nitro benzene ring substituents is 1. The first kappa shape index (κ1) is 22.7. The van der Waals surface area contributed by atoms with E-state index in [9.17, 15) is 25.0 Å². The molecule has 1 aromatic heterocycles. The van der Waals surface area contributed by atoms with Gasteiger partial charge in [-0.3, -0.25) is 29.7 Å². The van der Waals surface area contributed by atoms with Gasteiger partial charge in [0.1, 0.15) is 29.4 Å². The molecule has 32 heavy (non-hydrogen) atoms. The number of ether oxygens (including phenoxy) is 1. The lowest BCUT2D eigenvalue weighted by molar-refractivity contribution is -0.385. The molecule has 0 saturated carbocycles. The number of hydrogen-bond acceptors (Lipinski definition) is 7. The molecule has 0 aliphatic rings. The lowest BCUT2D eigenvalue weighted by Gasteiger charge is -2.14. The predicted molar refractivity (Wildman–Crippen MR) is 116 cm³/mol. The summed E-state index contributed by atoms with van der Waals surface area (Å²) in [6, 6.07) is 7.87. The molecule has 0 bridgehead atoms. The first-order valence-corrected chi connectivity index (χ1v) is 9.67. The SMILES string of the molecule is Cc1cc(Cl)ccc1Oc1cc(NC(=O)C(C)n2cc([N+](=O)[O-])c(C)n2)cc([N+](=O)[O-])c1. The van der Waals surface area contributed by atoms with Crippen molar-refractivity contribution in [1.82, 2.24) is 9.78 Å². The molecule has 1 atom stereocenters. The van der Waals surface area contributed by atoms with Gasteiger partial charge < -0.3 is 10.1 Å². The third-order valence-electron chi connectivity index (χ3n) is 4.60. The number of hydrogen-bond donors (Lipinski definition) is 1. The predicted octanol–water partition coefficient (Wildman–Crippen LogP) is 4.96. The van der Waals surface area contributed by atoms with Gasteiger partial charge in [-0.15, -0.1) is 0 Å². The normalized spacial score (nSPS) is 11.6. The zero-order valence-corrected chi connectivity index (χ0v) is 18.0. The van der Waals surface area contributed by atoms with E-state index >= 15 is 0 Å². The van der Waals surface area contributed by atoms with Crippen LogP contribution in [0.1, 0.15) is 24.2 Å². The second kappa shape index (κ2) is 9.02. The summed E-state index contributed by atoms with van der Waals surface area (Å²) in [4.78, 5) is 33.9. The van der Waals surface area contributed by atoms with Gasteiger partial charge in [0.05, 0.1) is 21.6 Å². The maximum atomic E-state index is 12.7. The fraction of sp³-hybridized carbons (Fsp3) is 0.200. The van der Waals surface area contributed by atoms with E-state index in [2.05, 4.69) is 10.4 Å². The van der Waals surface area contributed by atoms with Crippen molar-refractivity contribution in [3.63, 3.8) is 0 Å². The quantitative estimate of drug-likeness (QED) is 0.388. The molecule has 1 heterocycles. The third kappa shape index (κ3) is 5.01. The molecular formula is C20H18ClN5O6. The van der Waals surface area contributed by atoms with E-state index in [1.807, 2.05) is 0 Å². The minimum Gasteiger partial charge on any atom is -0.457 e. The van der Waals surface area contributed by atoms with Crippen LogP contribution in [0.15, 0.2) is 42.6 Å². The number of amides is 1. The Morgan fingerprint density at radius 1 is 1.16 bits per heavy atom. The Morgan fingerprint density at radius 3 is 2.47 bits per heavy atom. The summed E-state index contributed by atoms with van der Waals surface area (Å²) in [5.74, 6) is 0.00883. The van der Waals surface area contributed by atoms with E-state index in [1.54, 1.807) is 25.1 Å². The Morgan fingerprint density at radius 2 is 1.88 bits per heavy atom. The number of nitrogens with zero attached hydrogens (tertiary/aromatic N) is 4. The number of anilines is 1. The van der Waals surface area contributed by atoms with Crippen LogP contribution in [-0.4, -0.2) is 25.5 Å². The van der Waals surface area contributed by atoms with Gasteiger partial charge in [0, 0.05) is 17.2 Å². The van der Waals surface area contributed by atoms with Crippen molar-refractivity contribution in [2.75, 3.05) is 5.32 Å². The monoisotopic (exact) mass is 459 g/mol. The summed E-state index contributed by atoms with van der Waals surface area (Å²) >= 11 is 5.94. The number of nitro groups is 2. The zero-order chi connectivity index (χ0) is 23.6. The molecule has 0 fully saturated rings. The van der Waals surface area contributed by atoms with Crippen molar-refractivity contribution in [1.29, 1.82) is 0 Å². The summed E-state index contributed by atoms with van der Waals surface area (Å²) < 4.78 is 6.92. The molecule has 166 valence electrons. The minimum atomic E-state index is -0.912. The molecular weight excluding hydrogens is 442 g/mol. The van der Waals surface area contributed by atoms with Gasteiger partial charge in [0.25, 0.3) is 5.69 Å². The van der Waals surface area contributed by atoms with Crippen LogP contribution >= 0.6 is 11.6 Å². The Balaban J connectivity index is 1.86. The van der Waals surface area contributed by atoms with E-state index in [4.69, 9.17) is 16.3 Å². The second-order valence-corrected chi connectivity index (χ2v) is 7.42. The largest absolute Gasteiger partial charge is 0.457 e. The summed E-state index contributed by atoms with van der Waals surface area (Å²) in [7, 11) is 0. The van der Waals surface area contributed by atoms with E-state index in [1.165, 1.54) is 32.0 Å². The van der Waals surface area contributed by atoms with E-state index < -0.39 is 21.8 Å². The van der Waals surface area contributed by atoms with Crippen molar-refractivity contribution in [3.8, 4) is 11.5 Å². The lowest BCUT2D eigenvalue weighted by Crippen LogP contribution is -2.24. The summed E-state index contributed by atoms with van der Waals surface area (Å²) in [6.45, 7) is 4.73. The Kier molecular flexibility index (Phi) is 6.40. The molecule has 0 aliphatic heterocycles. The number of carbonyl (C=O) groups excluding carboxylic acids is 1. The topological polar surface area (TPSA) is 142 Å². The van der Waals surface area contributed by atoms with Gasteiger partial charge in [-0.1, -0.05) is 11.6 Å². The highest BCUT2D eigenvalue weighted by molar-refractivity contribution is 6.30. The minimum absolute atomic E-state index is 0.121. The standard InChI is InChI=1S/C20H18ClN5O6/c1-11-6-14(21)4-5-19(11)32-17-8-15(7-16(9-17)25(28)29)22-20(27)13(3)24-10-18(26(30)31)12(2)23-24/h4-10,13H,1-3H3,(H,22,27). The van der Waals surface area contributed by atoms with Crippen molar-refractivity contribution < 1.29 is 19.4 Å². The summed E-state index contributed by atoms with van der Waals surface area (Å²) in [6.07, 6.45) is 1.16. The first-order chi connectivity index (χ1) is 15.0. The summed E-state index contributed by atoms with van der Waals surface area (Å²) in [5.41, 5.74) is 0.505. The van der Waals surface area contributed by atoms with Gasteiger partial charge in [-0.05, 0) is 44.5 Å². The molecule has 1 amide bonds. The molecule has 1 unspecified atom stereocenters. The molecule has 11 nitrogen and oxygen atoms in total. The number of aryl methyl sites for hydroxylation is 2. The number of nitrogens with one attached hydrogen (secondary N) is 1. The van der Waals surface area contributed by atoms with Gasteiger partial charge in [0.15, 0.2) is 0 Å². The molecule has 0 radical (unpaired) electrons. The zero-order valence-electron chi connectivity index (χ0n) is 17.2. The highest BCUT2D eigenvalue weighted by atomic mass is 35.5. The number of carbonyl (C=O) groups is 1. The van der Waals surface area contributed by atoms with Crippen LogP contribution in [0.3, 0.4) is 0 Å². The molecule has 1 N–H and O–H groups in total. The number of rotatable bonds is 7. The molecule has 3 rings (SSSR count). The maximum absolute atomic E-state index is 12.7. The second-order valence-electron chi connectivity index (χ2n) is 6.99. The van der Waals surface area contributed by atoms with Crippen molar-refractivity contribution >= 4 is 34.6 Å². The van der Waals surface area contributed by atoms with E-state index in [-0.39, 0.29) is 28.5 Å². The summed E-state index contributed by atoms with van der Waals surface area (Å²) in [5, 5.41) is 29.5. The average Bonchev–Trinajstić information content (AvgIpc) is 3.11. The molecule has 12 heteroatoms. The highest BCUT2D eigenvalue weighted by Crippen LogP contribution is 2.32. The van der Waals surface area contributed by atoms with Crippen molar-refractivity contribution in [3.05, 3.63) is 79.1 Å². The Bertz CT molecular complexity index is 1230. The van der Waals surface area contributed by atoms with Crippen LogP contribution in [0.5, 0.6) is 11.5 Å². The van der Waals surface area contributed by atoms with Crippen molar-refractivity contribution in [2.24, 2.45) is 0 Å². The molecule has 0 aliphatic carbocycles. The number of nitro benzene ring substituents is 1. The molecule has 2 aromatic carbocycles. The van der Waals surface area contributed by atoms with Gasteiger partial charge in [-0.2, -0.15) is 5.10 Å². The van der Waals surface area contributed by atoms with Crippen LogP contribution in [-0.2, 0) is 4.79 Å². The van der Waals surface area contributed by atoms with E-state index in [0.29, 0.717) is 10.8 Å². The average molecular weight is 460 g/mol. The molecule has 3 aromatic rings.